The van der Waals surface area contributed by atoms with Crippen molar-refractivity contribution in [2.24, 2.45) is 0 Å². The number of hydrogen-bond acceptors (Lipinski definition) is 4. The zero-order valence-electron chi connectivity index (χ0n) is 8.03. The number of aryl methyl sites for hydroxylation is 1. The van der Waals surface area contributed by atoms with Gasteiger partial charge in [0, 0.05) is 17.1 Å². The third-order valence-electron chi connectivity index (χ3n) is 1.82. The average Bonchev–Trinajstić information content (AvgIpc) is 2.69. The maximum absolute atomic E-state index is 11.3. The van der Waals surface area contributed by atoms with Gasteiger partial charge in [-0.05, 0) is 6.92 Å². The van der Waals surface area contributed by atoms with Crippen molar-refractivity contribution in [2.75, 3.05) is 10.6 Å². The van der Waals surface area contributed by atoms with Crippen LogP contribution in [0.25, 0.3) is 4.96 Å². The highest BCUT2D eigenvalue weighted by Crippen LogP contribution is 2.15. The number of nitrogens with zero attached hydrogens (tertiary/aromatic N) is 3. The number of carbonyl (C=O) groups is 1. The smallest absolute Gasteiger partial charge is 0.250 e. The fourth-order valence-electron chi connectivity index (χ4n) is 1.12. The lowest BCUT2D eigenvalue weighted by Gasteiger charge is -1.96. The molecule has 15 heavy (non-hydrogen) atoms. The number of thiazole rings is 1. The normalized spacial score (nSPS) is 10.8. The van der Waals surface area contributed by atoms with Gasteiger partial charge >= 0.3 is 0 Å². The lowest BCUT2D eigenvalue weighted by atomic mass is 10.5. The van der Waals surface area contributed by atoms with Gasteiger partial charge < -0.3 is 0 Å². The number of carbonyl (C=O) groups excluding carboxylic acids is 1. The van der Waals surface area contributed by atoms with Crippen LogP contribution in [0.15, 0.2) is 5.38 Å². The van der Waals surface area contributed by atoms with Gasteiger partial charge in [-0.3, -0.25) is 10.1 Å². The summed E-state index contributed by atoms with van der Waals surface area (Å²) in [6.45, 7) is 1.95. The minimum atomic E-state index is -0.0808. The molecule has 0 fully saturated rings. The predicted molar refractivity (Wildman–Crippen MR) is 62.6 cm³/mol. The quantitative estimate of drug-likeness (QED) is 0.877. The molecular formula is C8H9BrN4OS. The number of hydrogen-bond donors (Lipinski definition) is 1. The zero-order chi connectivity index (χ0) is 10.8. The van der Waals surface area contributed by atoms with E-state index in [1.165, 1.54) is 11.3 Å². The molecule has 0 bridgehead atoms. The van der Waals surface area contributed by atoms with Gasteiger partial charge in [-0.1, -0.05) is 15.9 Å². The fraction of sp³-hybridized carbons (Fsp3) is 0.375. The maximum Gasteiger partial charge on any atom is 0.250 e. The molecule has 0 aliphatic carbocycles. The average molecular weight is 289 g/mol. The zero-order valence-corrected chi connectivity index (χ0v) is 10.4. The topological polar surface area (TPSA) is 59.3 Å². The van der Waals surface area contributed by atoms with Crippen molar-refractivity contribution in [1.82, 2.24) is 14.6 Å². The van der Waals surface area contributed by atoms with Gasteiger partial charge in [-0.25, -0.2) is 4.52 Å². The van der Waals surface area contributed by atoms with E-state index in [0.717, 1.165) is 10.7 Å². The van der Waals surface area contributed by atoms with Crippen LogP contribution in [0.2, 0.25) is 0 Å². The molecule has 1 N–H and O–H groups in total. The Bertz CT molecular complexity index is 492. The maximum atomic E-state index is 11.3. The van der Waals surface area contributed by atoms with Crippen LogP contribution in [0, 0.1) is 6.92 Å². The largest absolute Gasteiger partial charge is 0.293 e. The van der Waals surface area contributed by atoms with Gasteiger partial charge in [0.15, 0.2) is 0 Å². The van der Waals surface area contributed by atoms with E-state index < -0.39 is 0 Å². The second-order valence-corrected chi connectivity index (χ2v) is 4.62. The minimum Gasteiger partial charge on any atom is -0.293 e. The van der Waals surface area contributed by atoms with Crippen molar-refractivity contribution in [3.63, 3.8) is 0 Å². The molecule has 1 amide bonds. The van der Waals surface area contributed by atoms with E-state index >= 15 is 0 Å². The Kier molecular flexibility index (Phi) is 3.01. The highest BCUT2D eigenvalue weighted by atomic mass is 79.9. The molecule has 2 heterocycles. The van der Waals surface area contributed by atoms with E-state index in [4.69, 9.17) is 0 Å². The summed E-state index contributed by atoms with van der Waals surface area (Å²) in [5, 5.41) is 9.41. The molecule has 80 valence electrons. The number of halogens is 1. The van der Waals surface area contributed by atoms with Crippen LogP contribution in [0.1, 0.15) is 12.1 Å². The third kappa shape index (κ3) is 2.18. The third-order valence-corrected chi connectivity index (χ3v) is 3.15. The summed E-state index contributed by atoms with van der Waals surface area (Å²) in [4.78, 5) is 16.2. The van der Waals surface area contributed by atoms with Gasteiger partial charge in [-0.2, -0.15) is 4.98 Å². The summed E-state index contributed by atoms with van der Waals surface area (Å²) in [5.41, 5.74) is 1.02. The summed E-state index contributed by atoms with van der Waals surface area (Å²) < 4.78 is 1.72. The van der Waals surface area contributed by atoms with Crippen molar-refractivity contribution in [3.05, 3.63) is 11.1 Å². The second kappa shape index (κ2) is 4.28. The molecule has 7 heteroatoms. The Morgan fingerprint density at radius 1 is 1.73 bits per heavy atom. The molecular weight excluding hydrogens is 280 g/mol. The molecule has 0 aliphatic heterocycles. The first-order chi connectivity index (χ1) is 7.20. The number of nitrogens with one attached hydrogen (secondary N) is 1. The summed E-state index contributed by atoms with van der Waals surface area (Å²) in [7, 11) is 0. The number of aromatic nitrogens is 3. The minimum absolute atomic E-state index is 0.0808. The number of alkyl halides is 1. The lowest BCUT2D eigenvalue weighted by molar-refractivity contribution is -0.115. The Hall–Kier alpha value is -0.950. The van der Waals surface area contributed by atoms with E-state index in [1.807, 2.05) is 12.3 Å². The van der Waals surface area contributed by atoms with Crippen LogP contribution in [0.4, 0.5) is 5.95 Å². The van der Waals surface area contributed by atoms with Crippen molar-refractivity contribution >= 4 is 44.1 Å². The molecule has 0 saturated carbocycles. The Balaban J connectivity index is 2.18. The van der Waals surface area contributed by atoms with Crippen LogP contribution >= 0.6 is 27.3 Å². The lowest BCUT2D eigenvalue weighted by Crippen LogP contribution is -2.12. The Morgan fingerprint density at radius 3 is 3.20 bits per heavy atom. The standard InChI is InChI=1S/C8H9BrN4OS/c1-5-4-15-8-11-7(12-13(5)8)10-6(14)2-3-9/h4H,2-3H2,1H3,(H,10,12,14). The summed E-state index contributed by atoms with van der Waals surface area (Å²) in [6, 6.07) is 0. The van der Waals surface area contributed by atoms with Crippen LogP contribution in [-0.4, -0.2) is 25.8 Å². The first-order valence-electron chi connectivity index (χ1n) is 4.37. The van der Waals surface area contributed by atoms with Crippen LogP contribution in [0.3, 0.4) is 0 Å². The monoisotopic (exact) mass is 288 g/mol. The fourth-order valence-corrected chi connectivity index (χ4v) is 2.28. The van der Waals surface area contributed by atoms with Gasteiger partial charge in [0.25, 0.3) is 0 Å². The SMILES string of the molecule is Cc1csc2nc(NC(=O)CCBr)nn12. The van der Waals surface area contributed by atoms with Crippen molar-refractivity contribution < 1.29 is 4.79 Å². The molecule has 2 aromatic rings. The number of anilines is 1. The van der Waals surface area contributed by atoms with Crippen molar-refractivity contribution in [1.29, 1.82) is 0 Å². The van der Waals surface area contributed by atoms with E-state index in [0.29, 0.717) is 17.7 Å². The van der Waals surface area contributed by atoms with Crippen LogP contribution < -0.4 is 5.32 Å². The van der Waals surface area contributed by atoms with Gasteiger partial charge in [0.1, 0.15) is 0 Å². The van der Waals surface area contributed by atoms with E-state index in [-0.39, 0.29) is 5.91 Å². The first-order valence-corrected chi connectivity index (χ1v) is 6.37. The van der Waals surface area contributed by atoms with E-state index in [9.17, 15) is 4.79 Å². The molecule has 2 rings (SSSR count). The molecule has 0 atom stereocenters. The van der Waals surface area contributed by atoms with Crippen molar-refractivity contribution in [3.8, 4) is 0 Å². The summed E-state index contributed by atoms with van der Waals surface area (Å²) in [6.07, 6.45) is 0.422. The Labute approximate surface area is 98.6 Å². The highest BCUT2D eigenvalue weighted by Gasteiger charge is 2.09. The number of rotatable bonds is 3. The molecule has 2 aromatic heterocycles. The molecule has 0 spiro atoms. The van der Waals surface area contributed by atoms with Crippen LogP contribution in [0.5, 0.6) is 0 Å². The number of fused-ring (bicyclic) bond motifs is 1. The summed E-state index contributed by atoms with van der Waals surface area (Å²) >= 11 is 4.70. The Morgan fingerprint density at radius 2 is 2.53 bits per heavy atom. The van der Waals surface area contributed by atoms with E-state index in [1.54, 1.807) is 4.52 Å². The van der Waals surface area contributed by atoms with Gasteiger partial charge in [0.2, 0.25) is 16.8 Å². The van der Waals surface area contributed by atoms with Gasteiger partial charge in [-0.15, -0.1) is 16.4 Å². The van der Waals surface area contributed by atoms with Crippen molar-refractivity contribution in [2.45, 2.75) is 13.3 Å². The molecule has 0 aliphatic rings. The van der Waals surface area contributed by atoms with E-state index in [2.05, 4.69) is 31.3 Å². The second-order valence-electron chi connectivity index (χ2n) is 2.99. The summed E-state index contributed by atoms with van der Waals surface area (Å²) in [5.74, 6) is 0.290. The first kappa shape index (κ1) is 10.6. The molecule has 0 aromatic carbocycles. The van der Waals surface area contributed by atoms with Crippen LogP contribution in [-0.2, 0) is 4.79 Å². The number of amides is 1. The molecule has 5 nitrogen and oxygen atoms in total. The molecule has 0 saturated heterocycles. The predicted octanol–water partition coefficient (Wildman–Crippen LogP) is 1.82. The highest BCUT2D eigenvalue weighted by molar-refractivity contribution is 9.09. The van der Waals surface area contributed by atoms with Gasteiger partial charge in [0.05, 0.1) is 5.69 Å². The molecule has 0 radical (unpaired) electrons. The molecule has 0 unspecified atom stereocenters.